The van der Waals surface area contributed by atoms with Crippen LogP contribution in [-0.2, 0) is 17.8 Å². The Labute approximate surface area is 109 Å². The molecule has 0 radical (unpaired) electrons. The fraction of sp³-hybridized carbons (Fsp3) is 0.600. The van der Waals surface area contributed by atoms with Gasteiger partial charge in [0, 0.05) is 24.1 Å². The van der Waals surface area contributed by atoms with Crippen LogP contribution in [0.3, 0.4) is 0 Å². The summed E-state index contributed by atoms with van der Waals surface area (Å²) in [5, 5.41) is 0. The van der Waals surface area contributed by atoms with Crippen LogP contribution >= 0.6 is 0 Å². The van der Waals surface area contributed by atoms with Gasteiger partial charge in [0.2, 0.25) is 11.6 Å². The minimum absolute atomic E-state index is 0.0859. The van der Waals surface area contributed by atoms with E-state index in [-0.39, 0.29) is 11.8 Å². The predicted octanol–water partition coefficient (Wildman–Crippen LogP) is 2.10. The predicted molar refractivity (Wildman–Crippen MR) is 71.0 cm³/mol. The lowest BCUT2D eigenvalue weighted by molar-refractivity contribution is -0.724. The first kappa shape index (κ1) is 13.1. The molecule has 1 aromatic rings. The molecule has 2 rings (SSSR count). The van der Waals surface area contributed by atoms with Crippen LogP contribution in [0.25, 0.3) is 0 Å². The molecule has 1 amide bonds. The van der Waals surface area contributed by atoms with E-state index in [1.807, 2.05) is 18.7 Å². The molecule has 18 heavy (non-hydrogen) atoms. The zero-order valence-electron chi connectivity index (χ0n) is 11.8. The molecule has 3 nitrogen and oxygen atoms in total. The van der Waals surface area contributed by atoms with E-state index in [0.717, 1.165) is 19.5 Å². The molecular weight excluding hydrogens is 224 g/mol. The van der Waals surface area contributed by atoms with Gasteiger partial charge in [0.15, 0.2) is 12.2 Å². The number of nitrogens with zero attached hydrogens (tertiary/aromatic N) is 2. The standard InChI is InChI=1S/C15H23N2O/c1-11(2)15(18)16-9-7-13-6-5-8-17(12(3)4)14(13)10-16/h5-6,8,11-12H,7,9-10H2,1-4H3/q+1. The maximum absolute atomic E-state index is 12.1. The van der Waals surface area contributed by atoms with Crippen LogP contribution in [-0.4, -0.2) is 17.4 Å². The van der Waals surface area contributed by atoms with Crippen molar-refractivity contribution in [3.05, 3.63) is 29.6 Å². The van der Waals surface area contributed by atoms with Gasteiger partial charge in [0.1, 0.15) is 6.54 Å². The van der Waals surface area contributed by atoms with Gasteiger partial charge in [-0.1, -0.05) is 13.8 Å². The highest BCUT2D eigenvalue weighted by Crippen LogP contribution is 2.18. The molecular formula is C15H23N2O+. The lowest BCUT2D eigenvalue weighted by atomic mass is 10.0. The quantitative estimate of drug-likeness (QED) is 0.734. The Morgan fingerprint density at radius 2 is 2.06 bits per heavy atom. The Hall–Kier alpha value is -1.38. The van der Waals surface area contributed by atoms with Crippen LogP contribution in [0.4, 0.5) is 0 Å². The number of aromatic nitrogens is 1. The second-order valence-electron chi connectivity index (χ2n) is 5.65. The molecule has 0 spiro atoms. The van der Waals surface area contributed by atoms with Gasteiger partial charge >= 0.3 is 0 Å². The van der Waals surface area contributed by atoms with Crippen LogP contribution in [0.1, 0.15) is 45.0 Å². The van der Waals surface area contributed by atoms with Crippen LogP contribution in [0.15, 0.2) is 18.3 Å². The molecule has 0 atom stereocenters. The van der Waals surface area contributed by atoms with Crippen molar-refractivity contribution in [1.29, 1.82) is 0 Å². The molecule has 1 aliphatic heterocycles. The molecule has 1 aliphatic rings. The topological polar surface area (TPSA) is 24.2 Å². The highest BCUT2D eigenvalue weighted by atomic mass is 16.2. The van der Waals surface area contributed by atoms with Crippen LogP contribution in [0, 0.1) is 5.92 Å². The number of fused-ring (bicyclic) bond motifs is 1. The average molecular weight is 247 g/mol. The van der Waals surface area contributed by atoms with Crippen molar-refractivity contribution in [2.24, 2.45) is 5.92 Å². The number of rotatable bonds is 2. The molecule has 2 heterocycles. The molecule has 0 saturated carbocycles. The van der Waals surface area contributed by atoms with E-state index in [2.05, 4.69) is 36.7 Å². The second-order valence-corrected chi connectivity index (χ2v) is 5.65. The minimum Gasteiger partial charge on any atom is -0.332 e. The zero-order chi connectivity index (χ0) is 13.3. The van der Waals surface area contributed by atoms with Crippen molar-refractivity contribution in [2.75, 3.05) is 6.54 Å². The Morgan fingerprint density at radius 1 is 1.33 bits per heavy atom. The van der Waals surface area contributed by atoms with Crippen molar-refractivity contribution < 1.29 is 9.36 Å². The molecule has 1 aromatic heterocycles. The maximum Gasteiger partial charge on any atom is 0.225 e. The summed E-state index contributed by atoms with van der Waals surface area (Å²) in [6, 6.07) is 4.73. The Bertz CT molecular complexity index is 452. The fourth-order valence-corrected chi connectivity index (χ4v) is 2.57. The van der Waals surface area contributed by atoms with Crippen molar-refractivity contribution in [2.45, 2.75) is 46.7 Å². The Kier molecular flexibility index (Phi) is 3.69. The van der Waals surface area contributed by atoms with Gasteiger partial charge in [0.05, 0.1) is 0 Å². The average Bonchev–Trinajstić information content (AvgIpc) is 2.36. The first-order valence-electron chi connectivity index (χ1n) is 6.81. The second kappa shape index (κ2) is 5.09. The van der Waals surface area contributed by atoms with Gasteiger partial charge in [-0.25, -0.2) is 0 Å². The summed E-state index contributed by atoms with van der Waals surface area (Å²) in [7, 11) is 0. The molecule has 98 valence electrons. The van der Waals surface area contributed by atoms with E-state index in [9.17, 15) is 4.79 Å². The maximum atomic E-state index is 12.1. The summed E-state index contributed by atoms with van der Waals surface area (Å²) in [6.07, 6.45) is 3.09. The number of pyridine rings is 1. The Balaban J connectivity index is 2.30. The minimum atomic E-state index is 0.0859. The third-order valence-electron chi connectivity index (χ3n) is 3.58. The molecule has 0 aliphatic carbocycles. The van der Waals surface area contributed by atoms with E-state index < -0.39 is 0 Å². The monoisotopic (exact) mass is 247 g/mol. The summed E-state index contributed by atoms with van der Waals surface area (Å²) < 4.78 is 2.29. The summed E-state index contributed by atoms with van der Waals surface area (Å²) >= 11 is 0. The summed E-state index contributed by atoms with van der Waals surface area (Å²) in [5.41, 5.74) is 2.69. The lowest BCUT2D eigenvalue weighted by Gasteiger charge is -2.28. The van der Waals surface area contributed by atoms with Crippen LogP contribution in [0.5, 0.6) is 0 Å². The molecule has 0 saturated heterocycles. The van der Waals surface area contributed by atoms with Crippen molar-refractivity contribution in [1.82, 2.24) is 4.90 Å². The molecule has 0 unspecified atom stereocenters. The molecule has 0 bridgehead atoms. The third-order valence-corrected chi connectivity index (χ3v) is 3.58. The summed E-state index contributed by atoms with van der Waals surface area (Å²) in [4.78, 5) is 14.1. The number of carbonyl (C=O) groups is 1. The largest absolute Gasteiger partial charge is 0.332 e. The highest BCUT2D eigenvalue weighted by Gasteiger charge is 2.29. The van der Waals surface area contributed by atoms with E-state index in [0.29, 0.717) is 6.04 Å². The first-order valence-corrected chi connectivity index (χ1v) is 6.81. The van der Waals surface area contributed by atoms with E-state index >= 15 is 0 Å². The molecule has 3 heteroatoms. The zero-order valence-corrected chi connectivity index (χ0v) is 11.8. The third kappa shape index (κ3) is 2.40. The lowest BCUT2D eigenvalue weighted by Crippen LogP contribution is -2.48. The summed E-state index contributed by atoms with van der Waals surface area (Å²) in [6.45, 7) is 9.92. The van der Waals surface area contributed by atoms with E-state index in [1.54, 1.807) is 0 Å². The van der Waals surface area contributed by atoms with Gasteiger partial charge in [-0.2, -0.15) is 4.57 Å². The number of amides is 1. The summed E-state index contributed by atoms with van der Waals surface area (Å²) in [5.74, 6) is 0.350. The van der Waals surface area contributed by atoms with Gasteiger partial charge in [-0.15, -0.1) is 0 Å². The van der Waals surface area contributed by atoms with Gasteiger partial charge in [-0.3, -0.25) is 4.79 Å². The molecule has 0 fully saturated rings. The smallest absolute Gasteiger partial charge is 0.225 e. The van der Waals surface area contributed by atoms with Crippen LogP contribution < -0.4 is 4.57 Å². The molecule has 0 N–H and O–H groups in total. The Morgan fingerprint density at radius 3 is 2.67 bits per heavy atom. The SMILES string of the molecule is CC(C)C(=O)N1CCc2ccc[n+](C(C)C)c2C1. The van der Waals surface area contributed by atoms with Gasteiger partial charge in [0.25, 0.3) is 0 Å². The van der Waals surface area contributed by atoms with Crippen molar-refractivity contribution in [3.63, 3.8) is 0 Å². The van der Waals surface area contributed by atoms with E-state index in [1.165, 1.54) is 11.3 Å². The first-order chi connectivity index (χ1) is 8.50. The fourth-order valence-electron chi connectivity index (χ4n) is 2.57. The highest BCUT2D eigenvalue weighted by molar-refractivity contribution is 5.78. The normalized spacial score (nSPS) is 15.1. The number of carbonyl (C=O) groups excluding carboxylic acids is 1. The number of hydrogen-bond acceptors (Lipinski definition) is 1. The van der Waals surface area contributed by atoms with Crippen LogP contribution in [0.2, 0.25) is 0 Å². The number of hydrogen-bond donors (Lipinski definition) is 0. The molecule has 0 aromatic carbocycles. The van der Waals surface area contributed by atoms with Crippen molar-refractivity contribution in [3.8, 4) is 0 Å². The van der Waals surface area contributed by atoms with E-state index in [4.69, 9.17) is 0 Å². The van der Waals surface area contributed by atoms with Gasteiger partial charge in [-0.05, 0) is 26.3 Å². The van der Waals surface area contributed by atoms with Crippen molar-refractivity contribution >= 4 is 5.91 Å². The van der Waals surface area contributed by atoms with Gasteiger partial charge < -0.3 is 4.90 Å².